The van der Waals surface area contributed by atoms with Crippen LogP contribution < -0.4 is 16.0 Å². The number of rotatable bonds is 9. The van der Waals surface area contributed by atoms with Crippen molar-refractivity contribution in [3.63, 3.8) is 0 Å². The molecule has 0 aliphatic carbocycles. The molecule has 4 nitrogen and oxygen atoms in total. The Hall–Kier alpha value is -1.55. The van der Waals surface area contributed by atoms with E-state index < -0.39 is 5.54 Å². The molecule has 0 spiro atoms. The minimum atomic E-state index is -0.740. The van der Waals surface area contributed by atoms with Crippen LogP contribution in [0.25, 0.3) is 0 Å². The van der Waals surface area contributed by atoms with E-state index in [0.29, 0.717) is 6.54 Å². The lowest BCUT2D eigenvalue weighted by atomic mass is 9.96. The van der Waals surface area contributed by atoms with E-state index in [1.54, 1.807) is 6.92 Å². The number of anilines is 1. The third kappa shape index (κ3) is 6.17. The molecule has 21 heavy (non-hydrogen) atoms. The van der Waals surface area contributed by atoms with Gasteiger partial charge in [0.05, 0.1) is 5.54 Å². The number of hydrogen-bond donors (Lipinski definition) is 2. The second-order valence-corrected chi connectivity index (χ2v) is 5.89. The standard InChI is InChI=1S/C17H29N3O/c1-4-12-17(2,18)16(21)19-13-8-9-14-20(3)15-10-6-5-7-11-15/h5-7,10-11H,4,8-9,12-14,18H2,1-3H3,(H,19,21). The number of nitrogens with one attached hydrogen (secondary N) is 1. The molecule has 0 aromatic heterocycles. The molecule has 3 N–H and O–H groups in total. The van der Waals surface area contributed by atoms with Crippen molar-refractivity contribution >= 4 is 11.6 Å². The monoisotopic (exact) mass is 291 g/mol. The molecule has 1 aromatic rings. The molecule has 1 amide bonds. The Bertz CT molecular complexity index is 417. The molecule has 1 unspecified atom stereocenters. The normalized spacial score (nSPS) is 13.5. The van der Waals surface area contributed by atoms with Crippen molar-refractivity contribution in [2.75, 3.05) is 25.0 Å². The Morgan fingerprint density at radius 2 is 1.95 bits per heavy atom. The van der Waals surface area contributed by atoms with E-state index >= 15 is 0 Å². The van der Waals surface area contributed by atoms with Crippen LogP contribution in [0.4, 0.5) is 5.69 Å². The minimum absolute atomic E-state index is 0.0410. The van der Waals surface area contributed by atoms with Crippen LogP contribution in [0.2, 0.25) is 0 Å². The van der Waals surface area contributed by atoms with Crippen molar-refractivity contribution in [2.24, 2.45) is 5.73 Å². The van der Waals surface area contributed by atoms with Gasteiger partial charge in [-0.1, -0.05) is 31.5 Å². The second kappa shape index (κ2) is 8.67. The second-order valence-electron chi connectivity index (χ2n) is 5.89. The van der Waals surface area contributed by atoms with Crippen molar-refractivity contribution in [1.29, 1.82) is 0 Å². The molecule has 118 valence electrons. The Kier molecular flexibility index (Phi) is 7.23. The lowest BCUT2D eigenvalue weighted by Crippen LogP contribution is -2.51. The summed E-state index contributed by atoms with van der Waals surface area (Å²) in [6, 6.07) is 10.3. The number of nitrogens with two attached hydrogens (primary N) is 1. The molecule has 0 saturated heterocycles. The molecule has 1 atom stereocenters. The van der Waals surface area contributed by atoms with Crippen LogP contribution >= 0.6 is 0 Å². The summed E-state index contributed by atoms with van der Waals surface area (Å²) in [5, 5.41) is 2.94. The van der Waals surface area contributed by atoms with Gasteiger partial charge in [0.25, 0.3) is 0 Å². The first-order valence-corrected chi connectivity index (χ1v) is 7.80. The van der Waals surface area contributed by atoms with Gasteiger partial charge < -0.3 is 16.0 Å². The van der Waals surface area contributed by atoms with E-state index in [4.69, 9.17) is 5.73 Å². The zero-order chi connectivity index (χ0) is 15.7. The van der Waals surface area contributed by atoms with Gasteiger partial charge in [0, 0.05) is 25.8 Å². The molecular formula is C17H29N3O. The van der Waals surface area contributed by atoms with Crippen LogP contribution in [0.1, 0.15) is 39.5 Å². The van der Waals surface area contributed by atoms with Crippen LogP contribution in [0.5, 0.6) is 0 Å². The third-order valence-corrected chi connectivity index (χ3v) is 3.69. The van der Waals surface area contributed by atoms with Crippen molar-refractivity contribution < 1.29 is 4.79 Å². The van der Waals surface area contributed by atoms with Crippen LogP contribution in [-0.2, 0) is 4.79 Å². The maximum absolute atomic E-state index is 11.9. The number of nitrogens with zero attached hydrogens (tertiary/aromatic N) is 1. The zero-order valence-electron chi connectivity index (χ0n) is 13.6. The van der Waals surface area contributed by atoms with E-state index in [9.17, 15) is 4.79 Å². The summed E-state index contributed by atoms with van der Waals surface area (Å²) in [5.41, 5.74) is 6.47. The molecule has 1 aromatic carbocycles. The van der Waals surface area contributed by atoms with E-state index in [2.05, 4.69) is 29.4 Å². The Labute approximate surface area is 128 Å². The highest BCUT2D eigenvalue weighted by Crippen LogP contribution is 2.11. The fraction of sp³-hybridized carbons (Fsp3) is 0.588. The third-order valence-electron chi connectivity index (χ3n) is 3.69. The Morgan fingerprint density at radius 1 is 1.29 bits per heavy atom. The molecule has 0 fully saturated rings. The van der Waals surface area contributed by atoms with Gasteiger partial charge in [-0.3, -0.25) is 4.79 Å². The Balaban J connectivity index is 2.19. The van der Waals surface area contributed by atoms with Gasteiger partial charge >= 0.3 is 0 Å². The number of carbonyl (C=O) groups is 1. The molecule has 0 heterocycles. The summed E-state index contributed by atoms with van der Waals surface area (Å²) >= 11 is 0. The molecule has 0 saturated carbocycles. The van der Waals surface area contributed by atoms with Crippen molar-refractivity contribution in [1.82, 2.24) is 5.32 Å². The number of benzene rings is 1. The number of carbonyl (C=O) groups excluding carboxylic acids is 1. The number of hydrogen-bond acceptors (Lipinski definition) is 3. The summed E-state index contributed by atoms with van der Waals surface area (Å²) in [4.78, 5) is 14.2. The molecule has 4 heteroatoms. The average Bonchev–Trinajstić information content (AvgIpc) is 2.47. The average molecular weight is 291 g/mol. The molecular weight excluding hydrogens is 262 g/mol. The van der Waals surface area contributed by atoms with Crippen molar-refractivity contribution in [2.45, 2.75) is 45.1 Å². The van der Waals surface area contributed by atoms with E-state index in [-0.39, 0.29) is 5.91 Å². The lowest BCUT2D eigenvalue weighted by molar-refractivity contribution is -0.126. The fourth-order valence-electron chi connectivity index (χ4n) is 2.32. The SMILES string of the molecule is CCCC(C)(N)C(=O)NCCCCN(C)c1ccccc1. The minimum Gasteiger partial charge on any atom is -0.375 e. The lowest BCUT2D eigenvalue weighted by Gasteiger charge is -2.23. The zero-order valence-corrected chi connectivity index (χ0v) is 13.6. The summed E-state index contributed by atoms with van der Waals surface area (Å²) < 4.78 is 0. The first-order valence-electron chi connectivity index (χ1n) is 7.80. The van der Waals surface area contributed by atoms with Gasteiger partial charge in [0.15, 0.2) is 0 Å². The molecule has 0 aliphatic heterocycles. The number of amides is 1. The fourth-order valence-corrected chi connectivity index (χ4v) is 2.32. The van der Waals surface area contributed by atoms with E-state index in [1.807, 2.05) is 25.1 Å². The first-order chi connectivity index (χ1) is 9.97. The maximum atomic E-state index is 11.9. The summed E-state index contributed by atoms with van der Waals surface area (Å²) in [6.07, 6.45) is 3.64. The Morgan fingerprint density at radius 3 is 2.57 bits per heavy atom. The van der Waals surface area contributed by atoms with Gasteiger partial charge in [-0.25, -0.2) is 0 Å². The van der Waals surface area contributed by atoms with Gasteiger partial charge in [0.2, 0.25) is 5.91 Å². The van der Waals surface area contributed by atoms with Gasteiger partial charge in [-0.05, 0) is 38.3 Å². The van der Waals surface area contributed by atoms with E-state index in [0.717, 1.165) is 32.2 Å². The van der Waals surface area contributed by atoms with Gasteiger partial charge in [-0.15, -0.1) is 0 Å². The number of unbranched alkanes of at least 4 members (excludes halogenated alkanes) is 1. The van der Waals surface area contributed by atoms with Crippen LogP contribution in [0, 0.1) is 0 Å². The summed E-state index contributed by atoms with van der Waals surface area (Å²) in [5.74, 6) is -0.0410. The maximum Gasteiger partial charge on any atom is 0.239 e. The van der Waals surface area contributed by atoms with Crippen LogP contribution in [-0.4, -0.2) is 31.6 Å². The highest BCUT2D eigenvalue weighted by molar-refractivity contribution is 5.85. The predicted octanol–water partition coefficient (Wildman–Crippen LogP) is 2.54. The largest absolute Gasteiger partial charge is 0.375 e. The highest BCUT2D eigenvalue weighted by Gasteiger charge is 2.26. The molecule has 0 aliphatic rings. The summed E-state index contributed by atoms with van der Waals surface area (Å²) in [7, 11) is 2.09. The number of para-hydroxylation sites is 1. The highest BCUT2D eigenvalue weighted by atomic mass is 16.2. The van der Waals surface area contributed by atoms with Crippen molar-refractivity contribution in [3.05, 3.63) is 30.3 Å². The van der Waals surface area contributed by atoms with Gasteiger partial charge in [0.1, 0.15) is 0 Å². The van der Waals surface area contributed by atoms with Crippen LogP contribution in [0.3, 0.4) is 0 Å². The topological polar surface area (TPSA) is 58.4 Å². The molecule has 0 bridgehead atoms. The molecule has 1 rings (SSSR count). The van der Waals surface area contributed by atoms with Gasteiger partial charge in [-0.2, -0.15) is 0 Å². The van der Waals surface area contributed by atoms with Crippen LogP contribution in [0.15, 0.2) is 30.3 Å². The summed E-state index contributed by atoms with van der Waals surface area (Å²) in [6.45, 7) is 5.51. The van der Waals surface area contributed by atoms with Crippen molar-refractivity contribution in [3.8, 4) is 0 Å². The molecule has 0 radical (unpaired) electrons. The predicted molar refractivity (Wildman–Crippen MR) is 89.5 cm³/mol. The first kappa shape index (κ1) is 17.5. The smallest absolute Gasteiger partial charge is 0.239 e. The van der Waals surface area contributed by atoms with E-state index in [1.165, 1.54) is 5.69 Å². The quantitative estimate of drug-likeness (QED) is 0.687.